The van der Waals surface area contributed by atoms with Crippen molar-refractivity contribution in [2.45, 2.75) is 6.04 Å². The van der Waals surface area contributed by atoms with Crippen LogP contribution in [0.1, 0.15) is 0 Å². The summed E-state index contributed by atoms with van der Waals surface area (Å²) in [6.07, 6.45) is 0.432. The molecule has 3 N–H and O–H groups in total. The van der Waals surface area contributed by atoms with Crippen molar-refractivity contribution in [1.29, 1.82) is 0 Å². The topological polar surface area (TPSA) is 81.7 Å². The third-order valence-corrected chi connectivity index (χ3v) is 2.18. The second-order valence-corrected chi connectivity index (χ2v) is 3.09. The van der Waals surface area contributed by atoms with Crippen molar-refractivity contribution in [1.82, 2.24) is 15.5 Å². The van der Waals surface area contributed by atoms with Gasteiger partial charge in [0, 0.05) is 26.2 Å². The molecule has 0 aromatic heterocycles. The van der Waals surface area contributed by atoms with E-state index in [1.807, 2.05) is 0 Å². The summed E-state index contributed by atoms with van der Waals surface area (Å²) < 4.78 is 0. The molecule has 6 heteroatoms. The number of aliphatic hydroxyl groups is 1. The van der Waals surface area contributed by atoms with Gasteiger partial charge in [-0.05, 0) is 0 Å². The average Bonchev–Trinajstić information content (AvgIpc) is 2.26. The molecule has 0 bridgehead atoms. The van der Waals surface area contributed by atoms with Gasteiger partial charge in [0.05, 0.1) is 6.61 Å². The highest BCUT2D eigenvalue weighted by Crippen LogP contribution is 1.97. The van der Waals surface area contributed by atoms with Crippen molar-refractivity contribution >= 4 is 12.3 Å². The second kappa shape index (κ2) is 5.56. The summed E-state index contributed by atoms with van der Waals surface area (Å²) in [6.45, 7) is 2.39. The van der Waals surface area contributed by atoms with Crippen LogP contribution in [0.15, 0.2) is 0 Å². The van der Waals surface area contributed by atoms with Crippen LogP contribution in [0.2, 0.25) is 0 Å². The van der Waals surface area contributed by atoms with Crippen molar-refractivity contribution in [3.63, 3.8) is 0 Å². The molecule has 14 heavy (non-hydrogen) atoms. The Balaban J connectivity index is 2.47. The minimum absolute atomic E-state index is 0.221. The normalized spacial score (nSPS) is 18.8. The Morgan fingerprint density at radius 1 is 1.57 bits per heavy atom. The van der Waals surface area contributed by atoms with Gasteiger partial charge in [0.2, 0.25) is 12.3 Å². The third-order valence-electron chi connectivity index (χ3n) is 2.18. The number of nitrogens with zero attached hydrogens (tertiary/aromatic N) is 1. The minimum atomic E-state index is -0.800. The molecule has 1 unspecified atom stereocenters. The molecule has 1 atom stereocenters. The second-order valence-electron chi connectivity index (χ2n) is 3.09. The van der Waals surface area contributed by atoms with Crippen molar-refractivity contribution in [2.24, 2.45) is 0 Å². The quantitative estimate of drug-likeness (QED) is 0.440. The summed E-state index contributed by atoms with van der Waals surface area (Å²) in [5, 5.41) is 14.3. The van der Waals surface area contributed by atoms with Crippen LogP contribution in [-0.4, -0.2) is 61.2 Å². The Labute approximate surface area is 82.3 Å². The van der Waals surface area contributed by atoms with Gasteiger partial charge in [-0.1, -0.05) is 0 Å². The van der Waals surface area contributed by atoms with Gasteiger partial charge in [-0.25, -0.2) is 0 Å². The van der Waals surface area contributed by atoms with E-state index < -0.39 is 6.04 Å². The summed E-state index contributed by atoms with van der Waals surface area (Å²) in [7, 11) is 0. The average molecular weight is 201 g/mol. The van der Waals surface area contributed by atoms with Gasteiger partial charge >= 0.3 is 0 Å². The summed E-state index contributed by atoms with van der Waals surface area (Å²) in [6, 6.07) is -0.800. The van der Waals surface area contributed by atoms with Crippen LogP contribution in [0.25, 0.3) is 0 Å². The van der Waals surface area contributed by atoms with Crippen LogP contribution in [-0.2, 0) is 9.59 Å². The maximum atomic E-state index is 11.6. The zero-order chi connectivity index (χ0) is 10.4. The van der Waals surface area contributed by atoms with Crippen LogP contribution < -0.4 is 10.6 Å². The van der Waals surface area contributed by atoms with Gasteiger partial charge in [-0.3, -0.25) is 9.59 Å². The first kappa shape index (κ1) is 10.9. The van der Waals surface area contributed by atoms with Gasteiger partial charge in [-0.15, -0.1) is 0 Å². The molecule has 1 fully saturated rings. The third kappa shape index (κ3) is 2.68. The number of hydrogen-bond acceptors (Lipinski definition) is 4. The van der Waals surface area contributed by atoms with E-state index in [4.69, 9.17) is 5.11 Å². The zero-order valence-corrected chi connectivity index (χ0v) is 7.90. The fraction of sp³-hybridized carbons (Fsp3) is 0.750. The Kier molecular flexibility index (Phi) is 4.34. The van der Waals surface area contributed by atoms with Crippen LogP contribution in [0.5, 0.6) is 0 Å². The number of aliphatic hydroxyl groups excluding tert-OH is 1. The molecule has 0 aromatic rings. The van der Waals surface area contributed by atoms with Gasteiger partial charge < -0.3 is 20.6 Å². The Bertz CT molecular complexity index is 204. The molecule has 6 nitrogen and oxygen atoms in total. The van der Waals surface area contributed by atoms with Crippen LogP contribution in [0.3, 0.4) is 0 Å². The van der Waals surface area contributed by atoms with Crippen molar-refractivity contribution in [3.8, 4) is 0 Å². The van der Waals surface area contributed by atoms with Gasteiger partial charge in [-0.2, -0.15) is 0 Å². The highest BCUT2D eigenvalue weighted by atomic mass is 16.3. The predicted octanol–water partition coefficient (Wildman–Crippen LogP) is -2.47. The van der Waals surface area contributed by atoms with Gasteiger partial charge in [0.25, 0.3) is 0 Å². The van der Waals surface area contributed by atoms with E-state index >= 15 is 0 Å². The van der Waals surface area contributed by atoms with E-state index in [-0.39, 0.29) is 12.5 Å². The SMILES string of the molecule is O=CNC(CO)C(=O)N1CCNCC1. The first-order chi connectivity index (χ1) is 6.79. The first-order valence-electron chi connectivity index (χ1n) is 4.59. The summed E-state index contributed by atoms with van der Waals surface area (Å²) in [5.74, 6) is -0.221. The summed E-state index contributed by atoms with van der Waals surface area (Å²) in [4.78, 5) is 23.4. The van der Waals surface area contributed by atoms with Crippen LogP contribution in [0, 0.1) is 0 Å². The highest BCUT2D eigenvalue weighted by Gasteiger charge is 2.23. The number of nitrogens with one attached hydrogen (secondary N) is 2. The van der Waals surface area contributed by atoms with Gasteiger partial charge in [0.15, 0.2) is 0 Å². The Hall–Kier alpha value is -1.14. The smallest absolute Gasteiger partial charge is 0.247 e. The number of rotatable bonds is 4. The number of carbonyl (C=O) groups excluding carboxylic acids is 2. The van der Waals surface area contributed by atoms with E-state index in [1.165, 1.54) is 0 Å². The molecular weight excluding hydrogens is 186 g/mol. The fourth-order valence-electron chi connectivity index (χ4n) is 1.39. The molecule has 2 amide bonds. The standard InChI is InChI=1S/C8H15N3O3/c12-5-7(10-6-13)8(14)11-3-1-9-2-4-11/h6-7,9,12H,1-5H2,(H,10,13). The number of hydrogen-bond donors (Lipinski definition) is 3. The van der Waals surface area contributed by atoms with E-state index in [0.717, 1.165) is 13.1 Å². The molecule has 0 aliphatic carbocycles. The molecular formula is C8H15N3O3. The molecule has 0 radical (unpaired) electrons. The van der Waals surface area contributed by atoms with Crippen molar-refractivity contribution < 1.29 is 14.7 Å². The van der Waals surface area contributed by atoms with E-state index in [0.29, 0.717) is 19.5 Å². The molecule has 1 aliphatic heterocycles. The Morgan fingerprint density at radius 3 is 2.71 bits per heavy atom. The zero-order valence-electron chi connectivity index (χ0n) is 7.90. The summed E-state index contributed by atoms with van der Waals surface area (Å²) >= 11 is 0. The Morgan fingerprint density at radius 2 is 2.21 bits per heavy atom. The lowest BCUT2D eigenvalue weighted by molar-refractivity contribution is -0.136. The van der Waals surface area contributed by atoms with Crippen molar-refractivity contribution in [2.75, 3.05) is 32.8 Å². The monoisotopic (exact) mass is 201 g/mol. The minimum Gasteiger partial charge on any atom is -0.394 e. The maximum Gasteiger partial charge on any atom is 0.247 e. The maximum absolute atomic E-state index is 11.6. The fourth-order valence-corrected chi connectivity index (χ4v) is 1.39. The lowest BCUT2D eigenvalue weighted by Gasteiger charge is -2.30. The van der Waals surface area contributed by atoms with E-state index in [2.05, 4.69) is 10.6 Å². The highest BCUT2D eigenvalue weighted by molar-refractivity contribution is 5.83. The molecule has 1 aliphatic rings. The lowest BCUT2D eigenvalue weighted by atomic mass is 10.2. The van der Waals surface area contributed by atoms with Crippen molar-refractivity contribution in [3.05, 3.63) is 0 Å². The van der Waals surface area contributed by atoms with Crippen LogP contribution in [0.4, 0.5) is 0 Å². The number of piperazine rings is 1. The largest absolute Gasteiger partial charge is 0.394 e. The molecule has 80 valence electrons. The molecule has 0 aromatic carbocycles. The number of amides is 2. The molecule has 1 saturated heterocycles. The first-order valence-corrected chi connectivity index (χ1v) is 4.59. The number of carbonyl (C=O) groups is 2. The van der Waals surface area contributed by atoms with Gasteiger partial charge in [0.1, 0.15) is 6.04 Å². The lowest BCUT2D eigenvalue weighted by Crippen LogP contribution is -2.54. The van der Waals surface area contributed by atoms with E-state index in [9.17, 15) is 9.59 Å². The predicted molar refractivity (Wildman–Crippen MR) is 49.5 cm³/mol. The summed E-state index contributed by atoms with van der Waals surface area (Å²) in [5.41, 5.74) is 0. The molecule has 0 spiro atoms. The molecule has 1 heterocycles. The van der Waals surface area contributed by atoms with Crippen LogP contribution >= 0.6 is 0 Å². The molecule has 1 rings (SSSR count). The van der Waals surface area contributed by atoms with E-state index in [1.54, 1.807) is 4.90 Å². The molecule has 0 saturated carbocycles.